The molecule has 0 amide bonds. The molecule has 2 unspecified atom stereocenters. The van der Waals surface area contributed by atoms with Crippen molar-refractivity contribution < 1.29 is 9.13 Å². The predicted molar refractivity (Wildman–Crippen MR) is 87.5 cm³/mol. The fourth-order valence-electron chi connectivity index (χ4n) is 2.54. The second kappa shape index (κ2) is 9.00. The SMILES string of the molecule is CCNC(C)c1cc(F)ccc1N(CCOC)C(C)CC. The molecule has 0 radical (unpaired) electrons. The van der Waals surface area contributed by atoms with Gasteiger partial charge in [-0.25, -0.2) is 4.39 Å². The van der Waals surface area contributed by atoms with Crippen molar-refractivity contribution in [3.05, 3.63) is 29.6 Å². The van der Waals surface area contributed by atoms with Crippen LogP contribution in [-0.4, -0.2) is 32.8 Å². The molecule has 120 valence electrons. The van der Waals surface area contributed by atoms with E-state index in [1.54, 1.807) is 19.2 Å². The number of hydrogen-bond acceptors (Lipinski definition) is 3. The van der Waals surface area contributed by atoms with E-state index in [1.165, 1.54) is 0 Å². The van der Waals surface area contributed by atoms with Gasteiger partial charge in [0.25, 0.3) is 0 Å². The van der Waals surface area contributed by atoms with Crippen molar-refractivity contribution in [3.8, 4) is 0 Å². The average molecular weight is 296 g/mol. The third-order valence-electron chi connectivity index (χ3n) is 3.94. The Balaban J connectivity index is 3.16. The van der Waals surface area contributed by atoms with Crippen molar-refractivity contribution in [3.63, 3.8) is 0 Å². The molecule has 0 aromatic heterocycles. The van der Waals surface area contributed by atoms with Crippen LogP contribution in [-0.2, 0) is 4.74 Å². The summed E-state index contributed by atoms with van der Waals surface area (Å²) in [6.45, 7) is 10.8. The van der Waals surface area contributed by atoms with Crippen molar-refractivity contribution in [2.45, 2.75) is 46.2 Å². The number of rotatable bonds is 9. The fraction of sp³-hybridized carbons (Fsp3) is 0.647. The molecule has 0 bridgehead atoms. The van der Waals surface area contributed by atoms with Gasteiger partial charge in [-0.1, -0.05) is 13.8 Å². The van der Waals surface area contributed by atoms with Crippen LogP contribution in [0.1, 0.15) is 45.7 Å². The first-order valence-electron chi connectivity index (χ1n) is 7.83. The number of anilines is 1. The van der Waals surface area contributed by atoms with Crippen LogP contribution in [0.3, 0.4) is 0 Å². The first-order valence-corrected chi connectivity index (χ1v) is 7.83. The highest BCUT2D eigenvalue weighted by Gasteiger charge is 2.19. The van der Waals surface area contributed by atoms with E-state index in [0.717, 1.165) is 30.8 Å². The second-order valence-electron chi connectivity index (χ2n) is 5.43. The Labute approximate surface area is 128 Å². The molecule has 0 aliphatic heterocycles. The highest BCUT2D eigenvalue weighted by atomic mass is 19.1. The summed E-state index contributed by atoms with van der Waals surface area (Å²) >= 11 is 0. The summed E-state index contributed by atoms with van der Waals surface area (Å²) in [5.74, 6) is -0.186. The Morgan fingerprint density at radius 2 is 2.00 bits per heavy atom. The molecule has 1 N–H and O–H groups in total. The van der Waals surface area contributed by atoms with Gasteiger partial charge >= 0.3 is 0 Å². The molecule has 1 rings (SSSR count). The monoisotopic (exact) mass is 296 g/mol. The number of nitrogens with one attached hydrogen (secondary N) is 1. The van der Waals surface area contributed by atoms with Crippen LogP contribution in [0, 0.1) is 5.82 Å². The van der Waals surface area contributed by atoms with E-state index >= 15 is 0 Å². The Kier molecular flexibility index (Phi) is 7.68. The molecule has 0 aliphatic carbocycles. The van der Waals surface area contributed by atoms with Gasteiger partial charge < -0.3 is 15.0 Å². The Bertz CT molecular complexity index is 425. The van der Waals surface area contributed by atoms with Crippen LogP contribution in [0.25, 0.3) is 0 Å². The molecule has 0 heterocycles. The van der Waals surface area contributed by atoms with Gasteiger partial charge in [0, 0.05) is 31.4 Å². The van der Waals surface area contributed by atoms with Gasteiger partial charge in [0.2, 0.25) is 0 Å². The predicted octanol–water partition coefficient (Wildman–Crippen LogP) is 3.75. The Morgan fingerprint density at radius 1 is 1.29 bits per heavy atom. The minimum Gasteiger partial charge on any atom is -0.383 e. The van der Waals surface area contributed by atoms with Crippen LogP contribution >= 0.6 is 0 Å². The van der Waals surface area contributed by atoms with Crippen LogP contribution in [0.4, 0.5) is 10.1 Å². The van der Waals surface area contributed by atoms with E-state index in [2.05, 4.69) is 37.9 Å². The van der Waals surface area contributed by atoms with Crippen molar-refractivity contribution >= 4 is 5.69 Å². The topological polar surface area (TPSA) is 24.5 Å². The molecule has 1 aromatic carbocycles. The number of nitrogens with zero attached hydrogens (tertiary/aromatic N) is 1. The Morgan fingerprint density at radius 3 is 2.57 bits per heavy atom. The largest absolute Gasteiger partial charge is 0.383 e. The molecule has 21 heavy (non-hydrogen) atoms. The van der Waals surface area contributed by atoms with Crippen LogP contribution in [0.2, 0.25) is 0 Å². The van der Waals surface area contributed by atoms with Gasteiger partial charge in [-0.05, 0) is 50.6 Å². The van der Waals surface area contributed by atoms with Crippen molar-refractivity contribution in [1.29, 1.82) is 0 Å². The normalized spacial score (nSPS) is 14.0. The molecular weight excluding hydrogens is 267 g/mol. The second-order valence-corrected chi connectivity index (χ2v) is 5.43. The zero-order valence-electron chi connectivity index (χ0n) is 13.9. The standard InChI is InChI=1S/C17H29FN2O/c1-6-13(3)20(10-11-21-5)17-9-8-15(18)12-16(17)14(4)19-7-2/h8-9,12-14,19H,6-7,10-11H2,1-5H3. The third kappa shape index (κ3) is 4.97. The number of hydrogen-bond donors (Lipinski definition) is 1. The highest BCUT2D eigenvalue weighted by Crippen LogP contribution is 2.29. The lowest BCUT2D eigenvalue weighted by atomic mass is 10.0. The van der Waals surface area contributed by atoms with Crippen LogP contribution < -0.4 is 10.2 Å². The van der Waals surface area contributed by atoms with Crippen LogP contribution in [0.15, 0.2) is 18.2 Å². The van der Waals surface area contributed by atoms with E-state index in [4.69, 9.17) is 4.74 Å². The smallest absolute Gasteiger partial charge is 0.123 e. The summed E-state index contributed by atoms with van der Waals surface area (Å²) < 4.78 is 18.9. The molecule has 0 aliphatic rings. The van der Waals surface area contributed by atoms with Crippen molar-refractivity contribution in [2.75, 3.05) is 31.7 Å². The van der Waals surface area contributed by atoms with Gasteiger partial charge in [0.1, 0.15) is 5.82 Å². The van der Waals surface area contributed by atoms with Gasteiger partial charge in [-0.2, -0.15) is 0 Å². The van der Waals surface area contributed by atoms with E-state index in [9.17, 15) is 4.39 Å². The fourth-order valence-corrected chi connectivity index (χ4v) is 2.54. The summed E-state index contributed by atoms with van der Waals surface area (Å²) in [7, 11) is 1.71. The lowest BCUT2D eigenvalue weighted by Crippen LogP contribution is -2.37. The first-order chi connectivity index (χ1) is 10.0. The summed E-state index contributed by atoms with van der Waals surface area (Å²) in [5, 5.41) is 3.37. The highest BCUT2D eigenvalue weighted by molar-refractivity contribution is 5.56. The van der Waals surface area contributed by atoms with Gasteiger partial charge in [0.05, 0.1) is 6.61 Å². The minimum absolute atomic E-state index is 0.120. The lowest BCUT2D eigenvalue weighted by molar-refractivity contribution is 0.203. The van der Waals surface area contributed by atoms with E-state index in [0.29, 0.717) is 12.6 Å². The number of halogens is 1. The van der Waals surface area contributed by atoms with Crippen molar-refractivity contribution in [1.82, 2.24) is 5.32 Å². The van der Waals surface area contributed by atoms with E-state index in [-0.39, 0.29) is 11.9 Å². The van der Waals surface area contributed by atoms with Crippen LogP contribution in [0.5, 0.6) is 0 Å². The average Bonchev–Trinajstić information content (AvgIpc) is 2.48. The molecule has 0 fully saturated rings. The zero-order chi connectivity index (χ0) is 15.8. The van der Waals surface area contributed by atoms with Gasteiger partial charge in [0.15, 0.2) is 0 Å². The minimum atomic E-state index is -0.186. The maximum Gasteiger partial charge on any atom is 0.123 e. The van der Waals surface area contributed by atoms with E-state index < -0.39 is 0 Å². The molecule has 0 saturated carbocycles. The van der Waals surface area contributed by atoms with Crippen molar-refractivity contribution in [2.24, 2.45) is 0 Å². The summed E-state index contributed by atoms with van der Waals surface area (Å²) in [6, 6.07) is 5.58. The molecule has 3 nitrogen and oxygen atoms in total. The summed E-state index contributed by atoms with van der Waals surface area (Å²) in [6.07, 6.45) is 1.04. The first kappa shape index (κ1) is 17.9. The number of methoxy groups -OCH3 is 1. The number of ether oxygens (including phenoxy) is 1. The maximum atomic E-state index is 13.7. The Hall–Kier alpha value is -1.13. The molecule has 1 aromatic rings. The quantitative estimate of drug-likeness (QED) is 0.751. The molecular formula is C17H29FN2O. The van der Waals surface area contributed by atoms with Gasteiger partial charge in [-0.15, -0.1) is 0 Å². The summed E-state index contributed by atoms with van der Waals surface area (Å²) in [5.41, 5.74) is 2.10. The zero-order valence-corrected chi connectivity index (χ0v) is 13.9. The third-order valence-corrected chi connectivity index (χ3v) is 3.94. The molecule has 0 saturated heterocycles. The number of benzene rings is 1. The maximum absolute atomic E-state index is 13.7. The lowest BCUT2D eigenvalue weighted by Gasteiger charge is -2.33. The molecule has 0 spiro atoms. The van der Waals surface area contributed by atoms with E-state index in [1.807, 2.05) is 6.07 Å². The molecule has 2 atom stereocenters. The summed E-state index contributed by atoms with van der Waals surface area (Å²) in [4.78, 5) is 2.31. The molecule has 4 heteroatoms. The van der Waals surface area contributed by atoms with Gasteiger partial charge in [-0.3, -0.25) is 0 Å².